The third kappa shape index (κ3) is 4.22. The Hall–Kier alpha value is -2.63. The molecular weight excluding hydrogens is 306 g/mol. The number of nitrogens with zero attached hydrogens (tertiary/aromatic N) is 2. The van der Waals surface area contributed by atoms with Crippen LogP contribution in [0.4, 0.5) is 0 Å². The van der Waals surface area contributed by atoms with Gasteiger partial charge in [0, 0.05) is 18.8 Å². The molecule has 2 N–H and O–H groups in total. The molecule has 0 unspecified atom stereocenters. The first-order chi connectivity index (χ1) is 11.5. The highest BCUT2D eigenvalue weighted by atomic mass is 16.3. The van der Waals surface area contributed by atoms with E-state index in [1.54, 1.807) is 6.92 Å². The zero-order valence-corrected chi connectivity index (χ0v) is 14.1. The number of hydrogen-bond donors (Lipinski definition) is 2. The van der Waals surface area contributed by atoms with Crippen molar-refractivity contribution in [3.05, 3.63) is 62.3 Å². The lowest BCUT2D eigenvalue weighted by molar-refractivity contribution is 0.394. The molecule has 128 valence electrons. The van der Waals surface area contributed by atoms with E-state index in [0.29, 0.717) is 18.8 Å². The Morgan fingerprint density at radius 3 is 2.62 bits per heavy atom. The molecule has 1 aromatic carbocycles. The van der Waals surface area contributed by atoms with Crippen LogP contribution in [0, 0.1) is 0 Å². The maximum atomic E-state index is 12.1. The molecular formula is C18H23N3O3. The average Bonchev–Trinajstić information content (AvgIpc) is 2.55. The van der Waals surface area contributed by atoms with Crippen molar-refractivity contribution in [3.8, 4) is 5.88 Å². The highest BCUT2D eigenvalue weighted by Gasteiger charge is 2.16. The maximum absolute atomic E-state index is 12.1. The Morgan fingerprint density at radius 2 is 1.96 bits per heavy atom. The Kier molecular flexibility index (Phi) is 6.12. The smallest absolute Gasteiger partial charge is 0.331 e. The molecule has 0 saturated carbocycles. The molecule has 1 aromatic heterocycles. The van der Waals surface area contributed by atoms with Gasteiger partial charge in [0.25, 0.3) is 5.56 Å². The van der Waals surface area contributed by atoms with E-state index in [0.717, 1.165) is 24.8 Å². The Labute approximate surface area is 140 Å². The summed E-state index contributed by atoms with van der Waals surface area (Å²) in [4.78, 5) is 30.5. The second-order valence-corrected chi connectivity index (χ2v) is 5.67. The molecule has 0 atom stereocenters. The van der Waals surface area contributed by atoms with E-state index in [-0.39, 0.29) is 11.4 Å². The van der Waals surface area contributed by atoms with E-state index in [9.17, 15) is 14.7 Å². The second-order valence-electron chi connectivity index (χ2n) is 5.67. The van der Waals surface area contributed by atoms with Crippen LogP contribution in [0.15, 0.2) is 44.9 Å². The summed E-state index contributed by atoms with van der Waals surface area (Å²) in [5.41, 5.74) is 0.451. The molecule has 2 aromatic rings. The van der Waals surface area contributed by atoms with Crippen LogP contribution < -0.4 is 11.2 Å². The van der Waals surface area contributed by atoms with Crippen molar-refractivity contribution < 1.29 is 5.11 Å². The Balaban J connectivity index is 2.24. The summed E-state index contributed by atoms with van der Waals surface area (Å²) >= 11 is 0. The van der Waals surface area contributed by atoms with Crippen LogP contribution in [-0.4, -0.2) is 26.9 Å². The number of unbranched alkanes of at least 4 members (excludes halogenated alkanes) is 1. The SMILES string of the molecule is CCCCn1c(O)c(C(C)=NCCc2ccccc2)c(=O)[nH]c1=O. The van der Waals surface area contributed by atoms with Gasteiger partial charge in [0.15, 0.2) is 0 Å². The van der Waals surface area contributed by atoms with Gasteiger partial charge in [0.2, 0.25) is 5.88 Å². The summed E-state index contributed by atoms with van der Waals surface area (Å²) in [7, 11) is 0. The standard InChI is InChI=1S/C18H23N3O3/c1-3-4-12-21-17(23)15(16(22)20-18(21)24)13(2)19-11-10-14-8-6-5-7-9-14/h5-9,23H,3-4,10-12H2,1-2H3,(H,20,22,24). The number of nitrogens with one attached hydrogen (secondary N) is 1. The number of benzene rings is 1. The van der Waals surface area contributed by atoms with Crippen LogP contribution in [0.25, 0.3) is 0 Å². The molecule has 2 rings (SSSR count). The van der Waals surface area contributed by atoms with Crippen LogP contribution in [0.3, 0.4) is 0 Å². The molecule has 24 heavy (non-hydrogen) atoms. The van der Waals surface area contributed by atoms with E-state index in [1.165, 1.54) is 4.57 Å². The fourth-order valence-electron chi connectivity index (χ4n) is 2.49. The zero-order chi connectivity index (χ0) is 17.5. The van der Waals surface area contributed by atoms with Crippen LogP contribution in [-0.2, 0) is 13.0 Å². The monoisotopic (exact) mass is 329 g/mol. The summed E-state index contributed by atoms with van der Waals surface area (Å²) in [5.74, 6) is -0.307. The molecule has 0 spiro atoms. The largest absolute Gasteiger partial charge is 0.494 e. The predicted octanol–water partition coefficient (Wildman–Crippen LogP) is 2.09. The minimum absolute atomic E-state index is 0.0683. The van der Waals surface area contributed by atoms with Crippen LogP contribution in [0.2, 0.25) is 0 Å². The van der Waals surface area contributed by atoms with Crippen LogP contribution >= 0.6 is 0 Å². The van der Waals surface area contributed by atoms with E-state index in [1.807, 2.05) is 37.3 Å². The van der Waals surface area contributed by atoms with Crippen molar-refractivity contribution in [2.45, 2.75) is 39.7 Å². The molecule has 0 radical (unpaired) electrons. The highest BCUT2D eigenvalue weighted by Crippen LogP contribution is 2.12. The topological polar surface area (TPSA) is 87.4 Å². The first kappa shape index (κ1) is 17.7. The molecule has 6 heteroatoms. The van der Waals surface area contributed by atoms with Gasteiger partial charge >= 0.3 is 5.69 Å². The number of aliphatic imine (C=N–C) groups is 1. The Morgan fingerprint density at radius 1 is 1.25 bits per heavy atom. The average molecular weight is 329 g/mol. The fourth-order valence-corrected chi connectivity index (χ4v) is 2.49. The molecule has 0 aliphatic rings. The molecule has 0 bridgehead atoms. The van der Waals surface area contributed by atoms with Crippen molar-refractivity contribution in [1.29, 1.82) is 0 Å². The van der Waals surface area contributed by atoms with Crippen LogP contribution in [0.5, 0.6) is 5.88 Å². The summed E-state index contributed by atoms with van der Waals surface area (Å²) in [6.07, 6.45) is 2.36. The lowest BCUT2D eigenvalue weighted by atomic mass is 10.1. The first-order valence-corrected chi connectivity index (χ1v) is 8.16. The minimum Gasteiger partial charge on any atom is -0.494 e. The van der Waals surface area contributed by atoms with Gasteiger partial charge in [-0.1, -0.05) is 43.7 Å². The highest BCUT2D eigenvalue weighted by molar-refractivity contribution is 6.00. The van der Waals surface area contributed by atoms with Crippen LogP contribution in [0.1, 0.15) is 37.8 Å². The number of H-pyrrole nitrogens is 1. The van der Waals surface area contributed by atoms with E-state index in [2.05, 4.69) is 9.98 Å². The van der Waals surface area contributed by atoms with Gasteiger partial charge in [-0.25, -0.2) is 4.79 Å². The van der Waals surface area contributed by atoms with Crippen molar-refractivity contribution in [2.75, 3.05) is 6.54 Å². The molecule has 0 saturated heterocycles. The van der Waals surface area contributed by atoms with E-state index < -0.39 is 11.2 Å². The molecule has 1 heterocycles. The van der Waals surface area contributed by atoms with Crippen molar-refractivity contribution in [3.63, 3.8) is 0 Å². The van der Waals surface area contributed by atoms with Crippen molar-refractivity contribution in [1.82, 2.24) is 9.55 Å². The number of aromatic nitrogens is 2. The third-order valence-corrected chi connectivity index (χ3v) is 3.86. The van der Waals surface area contributed by atoms with Gasteiger partial charge in [0.05, 0.1) is 0 Å². The summed E-state index contributed by atoms with van der Waals surface area (Å²) in [6.45, 7) is 4.53. The predicted molar refractivity (Wildman–Crippen MR) is 95.1 cm³/mol. The Bertz CT molecular complexity index is 820. The van der Waals surface area contributed by atoms with Gasteiger partial charge in [-0.15, -0.1) is 0 Å². The fraction of sp³-hybridized carbons (Fsp3) is 0.389. The molecule has 0 amide bonds. The third-order valence-electron chi connectivity index (χ3n) is 3.86. The minimum atomic E-state index is -0.605. The van der Waals surface area contributed by atoms with Gasteiger partial charge in [-0.3, -0.25) is 19.3 Å². The molecule has 0 aliphatic carbocycles. The molecule has 6 nitrogen and oxygen atoms in total. The van der Waals surface area contributed by atoms with Crippen molar-refractivity contribution >= 4 is 5.71 Å². The molecule has 0 fully saturated rings. The first-order valence-electron chi connectivity index (χ1n) is 8.16. The van der Waals surface area contributed by atoms with Gasteiger partial charge in [-0.05, 0) is 25.3 Å². The number of rotatable bonds is 7. The number of aromatic amines is 1. The quantitative estimate of drug-likeness (QED) is 0.763. The van der Waals surface area contributed by atoms with E-state index in [4.69, 9.17) is 0 Å². The van der Waals surface area contributed by atoms with Gasteiger partial charge < -0.3 is 5.11 Å². The number of aromatic hydroxyl groups is 1. The summed E-state index contributed by atoms with van der Waals surface area (Å²) in [6, 6.07) is 9.91. The normalized spacial score (nSPS) is 11.7. The maximum Gasteiger partial charge on any atom is 0.331 e. The lowest BCUT2D eigenvalue weighted by Gasteiger charge is -2.10. The number of hydrogen-bond acceptors (Lipinski definition) is 4. The zero-order valence-electron chi connectivity index (χ0n) is 14.1. The van der Waals surface area contributed by atoms with Crippen molar-refractivity contribution in [2.24, 2.45) is 4.99 Å². The summed E-state index contributed by atoms with van der Waals surface area (Å²) < 4.78 is 1.19. The van der Waals surface area contributed by atoms with Gasteiger partial charge in [0.1, 0.15) is 5.56 Å². The lowest BCUT2D eigenvalue weighted by Crippen LogP contribution is -2.33. The van der Waals surface area contributed by atoms with Gasteiger partial charge in [-0.2, -0.15) is 0 Å². The second kappa shape index (κ2) is 8.29. The molecule has 0 aliphatic heterocycles. The van der Waals surface area contributed by atoms with E-state index >= 15 is 0 Å². The summed E-state index contributed by atoms with van der Waals surface area (Å²) in [5, 5.41) is 10.3.